The second kappa shape index (κ2) is 14.9. The highest BCUT2D eigenvalue weighted by molar-refractivity contribution is 7.89. The summed E-state index contributed by atoms with van der Waals surface area (Å²) in [5.41, 5.74) is 14.9. The number of carbonyl (C=O) groups is 2. The van der Waals surface area contributed by atoms with Crippen LogP contribution in [0.1, 0.15) is 88.5 Å². The second-order valence-corrected chi connectivity index (χ2v) is 13.9. The van der Waals surface area contributed by atoms with E-state index in [-0.39, 0.29) is 47.0 Å². The van der Waals surface area contributed by atoms with E-state index in [2.05, 4.69) is 28.9 Å². The van der Waals surface area contributed by atoms with Gasteiger partial charge in [0.05, 0.1) is 10.6 Å². The van der Waals surface area contributed by atoms with Crippen LogP contribution in [-0.4, -0.2) is 74.9 Å². The molecule has 11 nitrogen and oxygen atoms in total. The molecule has 12 heteroatoms. The Morgan fingerprint density at radius 2 is 1.45 bits per heavy atom. The molecule has 44 heavy (non-hydrogen) atoms. The maximum absolute atomic E-state index is 14.4. The summed E-state index contributed by atoms with van der Waals surface area (Å²) in [6.07, 6.45) is 0.0839. The number of carbonyl (C=O) groups excluding carboxylic acids is 2. The predicted molar refractivity (Wildman–Crippen MR) is 176 cm³/mol. The minimum Gasteiger partial charge on any atom is -0.370 e. The maximum Gasteiger partial charge on any atom is 0.317 e. The molecule has 1 heterocycles. The van der Waals surface area contributed by atoms with Crippen molar-refractivity contribution in [1.29, 1.82) is 0 Å². The standard InChI is InChI=1S/C32H49N7O4S/c1-8-35-32(41)39-14-12-38(13-15-39)30(40)28(17-23-10-9-11-25(16-23)36-31(33)34)37-44(42,43)29-26(21(4)5)18-24(20(2)3)19-27(29)22(6)7/h9-11,16,18-22,28,37H,8,12-15,17H2,1-7H3,(H,35,41)(H4,33,34,36)/t28-/m0/s1. The fraction of sp³-hybridized carbons (Fsp3) is 0.531. The zero-order chi connectivity index (χ0) is 32.8. The van der Waals surface area contributed by atoms with E-state index in [1.165, 1.54) is 0 Å². The quantitative estimate of drug-likeness (QED) is 0.219. The molecule has 1 aliphatic rings. The number of nitrogens with zero attached hydrogens (tertiary/aromatic N) is 3. The van der Waals surface area contributed by atoms with Crippen LogP contribution in [0.15, 0.2) is 46.3 Å². The number of amides is 3. The molecule has 2 aromatic carbocycles. The predicted octanol–water partition coefficient (Wildman–Crippen LogP) is 3.73. The Morgan fingerprint density at radius 3 is 1.95 bits per heavy atom. The van der Waals surface area contributed by atoms with Gasteiger partial charge in [0.25, 0.3) is 0 Å². The Kier molecular flexibility index (Phi) is 11.8. The van der Waals surface area contributed by atoms with E-state index in [1.807, 2.05) is 52.8 Å². The fourth-order valence-corrected chi connectivity index (χ4v) is 7.26. The van der Waals surface area contributed by atoms with E-state index >= 15 is 0 Å². The third-order valence-corrected chi connectivity index (χ3v) is 9.36. The van der Waals surface area contributed by atoms with Crippen molar-refractivity contribution in [3.8, 4) is 0 Å². The number of aliphatic imine (C=N–C) groups is 1. The molecule has 0 bridgehead atoms. The summed E-state index contributed by atoms with van der Waals surface area (Å²) < 4.78 is 31.6. The number of rotatable bonds is 11. The van der Waals surface area contributed by atoms with E-state index in [0.717, 1.165) is 16.7 Å². The smallest absolute Gasteiger partial charge is 0.317 e. The Balaban J connectivity index is 2.04. The van der Waals surface area contributed by atoms with Crippen LogP contribution in [0.5, 0.6) is 0 Å². The van der Waals surface area contributed by atoms with E-state index in [0.29, 0.717) is 44.0 Å². The first-order valence-corrected chi connectivity index (χ1v) is 16.8. The average Bonchev–Trinajstić information content (AvgIpc) is 2.95. The van der Waals surface area contributed by atoms with Gasteiger partial charge in [-0.3, -0.25) is 4.79 Å². The molecule has 0 saturated carbocycles. The monoisotopic (exact) mass is 627 g/mol. The Hall–Kier alpha value is -3.64. The van der Waals surface area contributed by atoms with Crippen LogP contribution >= 0.6 is 0 Å². The molecular formula is C32H49N7O4S. The number of benzene rings is 2. The first-order valence-electron chi connectivity index (χ1n) is 15.3. The summed E-state index contributed by atoms with van der Waals surface area (Å²) in [6, 6.07) is 9.71. The normalized spacial score (nSPS) is 14.7. The Morgan fingerprint density at radius 1 is 0.886 bits per heavy atom. The summed E-state index contributed by atoms with van der Waals surface area (Å²) in [5.74, 6) is -0.365. The molecule has 1 saturated heterocycles. The summed E-state index contributed by atoms with van der Waals surface area (Å²) >= 11 is 0. The van der Waals surface area contributed by atoms with Gasteiger partial charge < -0.3 is 26.6 Å². The zero-order valence-electron chi connectivity index (χ0n) is 27.1. The van der Waals surface area contributed by atoms with Crippen LogP contribution in [-0.2, 0) is 21.2 Å². The molecule has 3 amide bonds. The number of nitrogens with one attached hydrogen (secondary N) is 2. The van der Waals surface area contributed by atoms with Crippen molar-refractivity contribution in [2.24, 2.45) is 16.5 Å². The highest BCUT2D eigenvalue weighted by Crippen LogP contribution is 2.35. The number of sulfonamides is 1. The van der Waals surface area contributed by atoms with Crippen LogP contribution in [0.3, 0.4) is 0 Å². The third kappa shape index (κ3) is 8.72. The lowest BCUT2D eigenvalue weighted by atomic mass is 9.89. The largest absolute Gasteiger partial charge is 0.370 e. The molecule has 1 aliphatic heterocycles. The molecule has 3 rings (SSSR count). The number of piperazine rings is 1. The molecular weight excluding hydrogens is 578 g/mol. The lowest BCUT2D eigenvalue weighted by Gasteiger charge is -2.36. The van der Waals surface area contributed by atoms with Crippen molar-refractivity contribution >= 4 is 33.6 Å². The van der Waals surface area contributed by atoms with Gasteiger partial charge in [-0.05, 0) is 65.5 Å². The molecule has 0 aliphatic carbocycles. The number of urea groups is 1. The van der Waals surface area contributed by atoms with Gasteiger partial charge in [0, 0.05) is 32.7 Å². The summed E-state index contributed by atoms with van der Waals surface area (Å²) in [4.78, 5) is 34.0. The second-order valence-electron chi connectivity index (χ2n) is 12.2. The third-order valence-electron chi connectivity index (χ3n) is 7.76. The van der Waals surface area contributed by atoms with Gasteiger partial charge in [0.15, 0.2) is 5.96 Å². The zero-order valence-corrected chi connectivity index (χ0v) is 27.9. The van der Waals surface area contributed by atoms with Crippen LogP contribution in [0.25, 0.3) is 0 Å². The average molecular weight is 628 g/mol. The van der Waals surface area contributed by atoms with Crippen LogP contribution in [0.2, 0.25) is 0 Å². The molecule has 2 aromatic rings. The van der Waals surface area contributed by atoms with Crippen LogP contribution in [0, 0.1) is 0 Å². The Bertz CT molecular complexity index is 1430. The van der Waals surface area contributed by atoms with Crippen molar-refractivity contribution < 1.29 is 18.0 Å². The van der Waals surface area contributed by atoms with E-state index < -0.39 is 16.1 Å². The fourth-order valence-electron chi connectivity index (χ4n) is 5.38. The van der Waals surface area contributed by atoms with Crippen molar-refractivity contribution in [1.82, 2.24) is 19.8 Å². The number of nitrogens with two attached hydrogens (primary N) is 2. The lowest BCUT2D eigenvalue weighted by Crippen LogP contribution is -2.57. The van der Waals surface area contributed by atoms with Crippen molar-refractivity contribution in [3.63, 3.8) is 0 Å². The van der Waals surface area contributed by atoms with Crippen molar-refractivity contribution in [2.75, 3.05) is 32.7 Å². The number of hydrogen-bond acceptors (Lipinski definition) is 5. The van der Waals surface area contributed by atoms with Gasteiger partial charge in [0.1, 0.15) is 6.04 Å². The summed E-state index contributed by atoms with van der Waals surface area (Å²) in [7, 11) is -4.16. The topological polar surface area (TPSA) is 163 Å². The molecule has 242 valence electrons. The molecule has 0 unspecified atom stereocenters. The number of hydrogen-bond donors (Lipinski definition) is 4. The van der Waals surface area contributed by atoms with E-state index in [9.17, 15) is 18.0 Å². The highest BCUT2D eigenvalue weighted by Gasteiger charge is 2.35. The molecule has 0 radical (unpaired) electrons. The van der Waals surface area contributed by atoms with E-state index in [4.69, 9.17) is 11.5 Å². The van der Waals surface area contributed by atoms with E-state index in [1.54, 1.807) is 28.0 Å². The minimum atomic E-state index is -4.16. The van der Waals surface area contributed by atoms with Gasteiger partial charge in [0.2, 0.25) is 15.9 Å². The highest BCUT2D eigenvalue weighted by atomic mass is 32.2. The first kappa shape index (κ1) is 34.8. The van der Waals surface area contributed by atoms with Gasteiger partial charge in [-0.15, -0.1) is 0 Å². The molecule has 0 aromatic heterocycles. The van der Waals surface area contributed by atoms with Crippen molar-refractivity contribution in [3.05, 3.63) is 58.7 Å². The number of guanidine groups is 1. The molecule has 6 N–H and O–H groups in total. The molecule has 1 atom stereocenters. The van der Waals surface area contributed by atoms with Crippen molar-refractivity contribution in [2.45, 2.75) is 83.6 Å². The molecule has 0 spiro atoms. The van der Waals surface area contributed by atoms with Gasteiger partial charge in [-0.2, -0.15) is 4.72 Å². The van der Waals surface area contributed by atoms with Gasteiger partial charge in [-0.1, -0.05) is 65.8 Å². The lowest BCUT2D eigenvalue weighted by molar-refractivity contribution is -0.134. The Labute approximate surface area is 262 Å². The summed E-state index contributed by atoms with van der Waals surface area (Å²) in [6.45, 7) is 15.7. The summed E-state index contributed by atoms with van der Waals surface area (Å²) in [5, 5.41) is 2.79. The van der Waals surface area contributed by atoms with Crippen LogP contribution in [0.4, 0.5) is 10.5 Å². The maximum atomic E-state index is 14.4. The van der Waals surface area contributed by atoms with Gasteiger partial charge >= 0.3 is 6.03 Å². The SMILES string of the molecule is CCNC(=O)N1CCN(C(=O)[C@H](Cc2cccc(N=C(N)N)c2)NS(=O)(=O)c2c(C(C)C)cc(C(C)C)cc2C(C)C)CC1. The molecule has 1 fully saturated rings. The van der Waals surface area contributed by atoms with Gasteiger partial charge in [-0.25, -0.2) is 18.2 Å². The minimum absolute atomic E-state index is 0.0643. The first-order chi connectivity index (χ1) is 20.6. The van der Waals surface area contributed by atoms with Crippen LogP contribution < -0.4 is 21.5 Å².